The first kappa shape index (κ1) is 21.2. The van der Waals surface area contributed by atoms with Crippen LogP contribution in [0.3, 0.4) is 0 Å². The Morgan fingerprint density at radius 2 is 1.35 bits per heavy atom. The normalized spacial score (nSPS) is 16.5. The molecule has 0 saturated heterocycles. The Morgan fingerprint density at radius 1 is 0.710 bits per heavy atom. The molecule has 1 aliphatic rings. The molecule has 160 valence electrons. The number of aryl methyl sites for hydroxylation is 4. The largest absolute Gasteiger partial charge is 0.302 e. The van der Waals surface area contributed by atoms with E-state index in [9.17, 15) is 0 Å². The molecule has 1 aliphatic heterocycles. The number of benzene rings is 2. The third kappa shape index (κ3) is 3.42. The monoisotopic (exact) mass is 412 g/mol. The van der Waals surface area contributed by atoms with Crippen molar-refractivity contribution < 1.29 is 4.57 Å². The molecule has 1 atom stereocenters. The Kier molecular flexibility index (Phi) is 5.38. The Morgan fingerprint density at radius 3 is 2.03 bits per heavy atom. The number of para-hydroxylation sites is 1. The van der Waals surface area contributed by atoms with Gasteiger partial charge < -0.3 is 4.90 Å². The van der Waals surface area contributed by atoms with Crippen molar-refractivity contribution in [2.75, 3.05) is 9.80 Å². The van der Waals surface area contributed by atoms with E-state index in [2.05, 4.69) is 124 Å². The second-order valence-electron chi connectivity index (χ2n) is 8.94. The van der Waals surface area contributed by atoms with E-state index in [1.165, 1.54) is 56.4 Å². The molecule has 0 N–H and O–H groups in total. The average Bonchev–Trinajstić information content (AvgIpc) is 2.94. The zero-order valence-corrected chi connectivity index (χ0v) is 20.1. The van der Waals surface area contributed by atoms with Crippen LogP contribution >= 0.6 is 0 Å². The van der Waals surface area contributed by atoms with Gasteiger partial charge in [-0.3, -0.25) is 0 Å². The maximum Gasteiger partial charge on any atom is 0.286 e. The number of hydrogen-bond acceptors (Lipinski definition) is 2. The number of pyridine rings is 1. The molecule has 0 aliphatic carbocycles. The van der Waals surface area contributed by atoms with Gasteiger partial charge in [-0.2, -0.15) is 0 Å². The van der Waals surface area contributed by atoms with E-state index in [1.807, 2.05) is 0 Å². The van der Waals surface area contributed by atoms with Crippen molar-refractivity contribution in [3.63, 3.8) is 0 Å². The summed E-state index contributed by atoms with van der Waals surface area (Å²) in [7, 11) is 2.22. The zero-order chi connectivity index (χ0) is 22.4. The van der Waals surface area contributed by atoms with Gasteiger partial charge in [-0.25, -0.2) is 9.47 Å². The molecular weight excluding hydrogens is 378 g/mol. The molecule has 0 spiro atoms. The van der Waals surface area contributed by atoms with Gasteiger partial charge in [0.2, 0.25) is 0 Å². The maximum absolute atomic E-state index is 2.49. The molecule has 1 aromatic heterocycles. The van der Waals surface area contributed by atoms with Gasteiger partial charge in [-0.1, -0.05) is 35.9 Å². The molecule has 0 radical (unpaired) electrons. The van der Waals surface area contributed by atoms with Gasteiger partial charge in [0.25, 0.3) is 5.82 Å². The van der Waals surface area contributed by atoms with Crippen LogP contribution in [0.15, 0.2) is 66.0 Å². The highest BCUT2D eigenvalue weighted by Crippen LogP contribution is 2.38. The first-order chi connectivity index (χ1) is 14.7. The van der Waals surface area contributed by atoms with E-state index >= 15 is 0 Å². The Bertz CT molecular complexity index is 1170. The Hall–Kier alpha value is -3.07. The predicted molar refractivity (Wildman–Crippen MR) is 131 cm³/mol. The number of allylic oxidation sites excluding steroid dienone is 2. The van der Waals surface area contributed by atoms with E-state index in [1.54, 1.807) is 0 Å². The Balaban J connectivity index is 1.90. The highest BCUT2D eigenvalue weighted by atomic mass is 15.4. The van der Waals surface area contributed by atoms with Crippen molar-refractivity contribution >= 4 is 11.5 Å². The standard InChI is InChI=1S/C28H34N3/c1-18-14-15-19(2)26(16-18)27-20(3)17-21(4)28(29(27)8)31-23(6)22(5)30(24(31)7)25-12-10-9-11-13-25/h9-17,24H,1-8H3/q+1/t24-/m1/s1. The van der Waals surface area contributed by atoms with Gasteiger partial charge >= 0.3 is 0 Å². The van der Waals surface area contributed by atoms with Crippen molar-refractivity contribution in [3.05, 3.63) is 88.2 Å². The fourth-order valence-corrected chi connectivity index (χ4v) is 5.19. The third-order valence-electron chi connectivity index (χ3n) is 6.72. The number of aromatic nitrogens is 1. The van der Waals surface area contributed by atoms with Crippen molar-refractivity contribution in [2.24, 2.45) is 7.05 Å². The minimum absolute atomic E-state index is 0.196. The summed E-state index contributed by atoms with van der Waals surface area (Å²) in [5.41, 5.74) is 11.6. The summed E-state index contributed by atoms with van der Waals surface area (Å²) < 4.78 is 2.40. The van der Waals surface area contributed by atoms with Gasteiger partial charge in [0.1, 0.15) is 11.4 Å². The van der Waals surface area contributed by atoms with Gasteiger partial charge in [0.15, 0.2) is 6.17 Å². The quantitative estimate of drug-likeness (QED) is 0.465. The van der Waals surface area contributed by atoms with E-state index in [4.69, 9.17) is 0 Å². The average molecular weight is 413 g/mol. The first-order valence-corrected chi connectivity index (χ1v) is 11.1. The van der Waals surface area contributed by atoms with Crippen molar-refractivity contribution in [1.82, 2.24) is 0 Å². The lowest BCUT2D eigenvalue weighted by Crippen LogP contribution is -2.46. The lowest BCUT2D eigenvalue weighted by Gasteiger charge is -2.28. The molecule has 2 heterocycles. The smallest absolute Gasteiger partial charge is 0.286 e. The lowest BCUT2D eigenvalue weighted by molar-refractivity contribution is -0.648. The van der Waals surface area contributed by atoms with Gasteiger partial charge in [0, 0.05) is 16.8 Å². The summed E-state index contributed by atoms with van der Waals surface area (Å²) in [6.45, 7) is 15.6. The van der Waals surface area contributed by atoms with Crippen LogP contribution in [-0.2, 0) is 7.05 Å². The molecule has 0 saturated carbocycles. The van der Waals surface area contributed by atoms with Gasteiger partial charge in [-0.05, 0) is 83.9 Å². The van der Waals surface area contributed by atoms with Crippen LogP contribution in [0.1, 0.15) is 43.0 Å². The number of nitrogens with zero attached hydrogens (tertiary/aromatic N) is 3. The summed E-state index contributed by atoms with van der Waals surface area (Å²) in [4.78, 5) is 4.93. The van der Waals surface area contributed by atoms with Crippen molar-refractivity contribution in [1.29, 1.82) is 0 Å². The fraction of sp³-hybridized carbons (Fsp3) is 0.321. The molecule has 2 aromatic carbocycles. The van der Waals surface area contributed by atoms with Crippen molar-refractivity contribution in [2.45, 2.75) is 54.6 Å². The SMILES string of the molecule is CC1=C(C)N(c2c(C)cc(C)c(-c3cc(C)ccc3C)[n+]2C)[C@H](C)N1c1ccccc1. The van der Waals surface area contributed by atoms with Crippen molar-refractivity contribution in [3.8, 4) is 11.3 Å². The summed E-state index contributed by atoms with van der Waals surface area (Å²) >= 11 is 0. The second-order valence-corrected chi connectivity index (χ2v) is 8.94. The number of anilines is 2. The zero-order valence-electron chi connectivity index (χ0n) is 20.1. The van der Waals surface area contributed by atoms with Crippen LogP contribution in [0.5, 0.6) is 0 Å². The Labute approximate surface area is 187 Å². The highest BCUT2D eigenvalue weighted by molar-refractivity contribution is 5.69. The topological polar surface area (TPSA) is 10.4 Å². The lowest BCUT2D eigenvalue weighted by atomic mass is 9.98. The van der Waals surface area contributed by atoms with Crippen LogP contribution in [0.2, 0.25) is 0 Å². The number of rotatable bonds is 3. The summed E-state index contributed by atoms with van der Waals surface area (Å²) in [5, 5.41) is 0. The fourth-order valence-electron chi connectivity index (χ4n) is 5.19. The summed E-state index contributed by atoms with van der Waals surface area (Å²) in [5.74, 6) is 1.25. The molecule has 0 unspecified atom stereocenters. The second kappa shape index (κ2) is 7.88. The summed E-state index contributed by atoms with van der Waals surface area (Å²) in [6, 6.07) is 19.8. The van der Waals surface area contributed by atoms with E-state index < -0.39 is 0 Å². The van der Waals surface area contributed by atoms with Crippen LogP contribution < -0.4 is 14.4 Å². The molecular formula is C28H34N3+. The van der Waals surface area contributed by atoms with E-state index in [-0.39, 0.29) is 6.17 Å². The third-order valence-corrected chi connectivity index (χ3v) is 6.72. The van der Waals surface area contributed by atoms with E-state index in [0.717, 1.165) is 0 Å². The molecule has 3 nitrogen and oxygen atoms in total. The molecule has 3 aromatic rings. The minimum atomic E-state index is 0.196. The molecule has 0 amide bonds. The first-order valence-electron chi connectivity index (χ1n) is 11.1. The molecule has 31 heavy (non-hydrogen) atoms. The molecule has 3 heteroatoms. The van der Waals surface area contributed by atoms with Crippen LogP contribution in [0.4, 0.5) is 11.5 Å². The number of hydrogen-bond donors (Lipinski definition) is 0. The predicted octanol–water partition coefficient (Wildman–Crippen LogP) is 6.34. The van der Waals surface area contributed by atoms with Crippen LogP contribution in [-0.4, -0.2) is 6.17 Å². The van der Waals surface area contributed by atoms with Gasteiger partial charge in [-0.15, -0.1) is 0 Å². The molecule has 0 bridgehead atoms. The highest BCUT2D eigenvalue weighted by Gasteiger charge is 2.41. The molecule has 4 rings (SSSR count). The van der Waals surface area contributed by atoms with Crippen LogP contribution in [0.25, 0.3) is 11.3 Å². The minimum Gasteiger partial charge on any atom is -0.302 e. The molecule has 0 fully saturated rings. The summed E-state index contributed by atoms with van der Waals surface area (Å²) in [6.07, 6.45) is 0.196. The van der Waals surface area contributed by atoms with E-state index in [0.29, 0.717) is 0 Å². The maximum atomic E-state index is 2.49. The van der Waals surface area contributed by atoms with Gasteiger partial charge in [0.05, 0.1) is 12.7 Å². The van der Waals surface area contributed by atoms with Crippen LogP contribution in [0, 0.1) is 27.7 Å².